The Balaban J connectivity index is 0. The van der Waals surface area contributed by atoms with Crippen LogP contribution in [-0.2, 0) is 6.54 Å². The van der Waals surface area contributed by atoms with Crippen molar-refractivity contribution in [2.45, 2.75) is 20.4 Å². The first-order chi connectivity index (χ1) is 4.72. The molecule has 0 saturated heterocycles. The summed E-state index contributed by atoms with van der Waals surface area (Å²) >= 11 is 0. The van der Waals surface area contributed by atoms with Gasteiger partial charge in [0.1, 0.15) is 0 Å². The lowest BCUT2D eigenvalue weighted by molar-refractivity contribution is 1.02. The minimum atomic E-state index is 0. The summed E-state index contributed by atoms with van der Waals surface area (Å²) < 4.78 is 0. The average Bonchev–Trinajstić information content (AvgIpc) is 1.85. The van der Waals surface area contributed by atoms with E-state index in [0.717, 1.165) is 17.0 Å². The largest absolute Gasteiger partial charge is 0.326 e. The highest BCUT2D eigenvalue weighted by atomic mass is 35.5. The maximum absolute atomic E-state index is 5.46. The zero-order chi connectivity index (χ0) is 7.56. The van der Waals surface area contributed by atoms with Crippen LogP contribution in [0.5, 0.6) is 0 Å². The first kappa shape index (κ1) is 14.2. The Kier molecular flexibility index (Phi) is 7.39. The van der Waals surface area contributed by atoms with Gasteiger partial charge in [-0.3, -0.25) is 4.98 Å². The van der Waals surface area contributed by atoms with Crippen LogP contribution in [0.2, 0.25) is 0 Å². The number of aromatic nitrogens is 1. The minimum Gasteiger partial charge on any atom is -0.326 e. The van der Waals surface area contributed by atoms with Gasteiger partial charge in [0, 0.05) is 17.9 Å². The van der Waals surface area contributed by atoms with Crippen LogP contribution in [0.3, 0.4) is 0 Å². The van der Waals surface area contributed by atoms with Gasteiger partial charge in [-0.25, -0.2) is 0 Å². The normalized spacial score (nSPS) is 8.25. The van der Waals surface area contributed by atoms with Gasteiger partial charge in [-0.15, -0.1) is 24.8 Å². The molecule has 0 aromatic carbocycles. The van der Waals surface area contributed by atoms with Crippen LogP contribution in [0.1, 0.15) is 17.0 Å². The molecule has 0 bridgehead atoms. The molecule has 4 heteroatoms. The molecule has 12 heavy (non-hydrogen) atoms. The molecule has 1 heterocycles. The smallest absolute Gasteiger partial charge is 0.0379 e. The van der Waals surface area contributed by atoms with Crippen molar-refractivity contribution in [3.8, 4) is 0 Å². The molecule has 0 amide bonds. The molecule has 2 N–H and O–H groups in total. The summed E-state index contributed by atoms with van der Waals surface area (Å²) in [6.45, 7) is 4.56. The monoisotopic (exact) mass is 208 g/mol. The van der Waals surface area contributed by atoms with Gasteiger partial charge >= 0.3 is 0 Å². The van der Waals surface area contributed by atoms with E-state index < -0.39 is 0 Å². The topological polar surface area (TPSA) is 38.9 Å². The second kappa shape index (κ2) is 6.23. The van der Waals surface area contributed by atoms with Crippen molar-refractivity contribution in [2.24, 2.45) is 5.73 Å². The van der Waals surface area contributed by atoms with Crippen LogP contribution in [0.15, 0.2) is 12.1 Å². The lowest BCUT2D eigenvalue weighted by Gasteiger charge is -1.99. The Hall–Kier alpha value is -0.310. The molecule has 1 rings (SSSR count). The highest BCUT2D eigenvalue weighted by molar-refractivity contribution is 5.85. The Morgan fingerprint density at radius 1 is 1.17 bits per heavy atom. The molecule has 0 spiro atoms. The van der Waals surface area contributed by atoms with Crippen molar-refractivity contribution < 1.29 is 0 Å². The van der Waals surface area contributed by atoms with Crippen LogP contribution < -0.4 is 5.73 Å². The zero-order valence-electron chi connectivity index (χ0n) is 7.20. The summed E-state index contributed by atoms with van der Waals surface area (Å²) in [5.41, 5.74) is 8.70. The molecule has 0 saturated carbocycles. The number of nitrogens with zero attached hydrogens (tertiary/aromatic N) is 1. The van der Waals surface area contributed by atoms with Crippen molar-refractivity contribution >= 4 is 24.8 Å². The number of pyridine rings is 1. The fourth-order valence-corrected chi connectivity index (χ4v) is 1.04. The molecule has 0 aliphatic carbocycles. The molecular formula is C8H14Cl2N2. The maximum Gasteiger partial charge on any atom is 0.0379 e. The van der Waals surface area contributed by atoms with E-state index in [4.69, 9.17) is 5.73 Å². The number of hydrogen-bond acceptors (Lipinski definition) is 2. The first-order valence-corrected chi connectivity index (χ1v) is 3.36. The van der Waals surface area contributed by atoms with E-state index in [2.05, 4.69) is 4.98 Å². The number of hydrogen-bond donors (Lipinski definition) is 1. The fraction of sp³-hybridized carbons (Fsp3) is 0.375. The van der Waals surface area contributed by atoms with Gasteiger partial charge in [0.05, 0.1) is 0 Å². The molecule has 1 aromatic heterocycles. The molecule has 70 valence electrons. The maximum atomic E-state index is 5.46. The average molecular weight is 209 g/mol. The van der Waals surface area contributed by atoms with Gasteiger partial charge in [0.25, 0.3) is 0 Å². The number of nitrogens with two attached hydrogens (primary N) is 1. The van der Waals surface area contributed by atoms with E-state index in [1.54, 1.807) is 0 Å². The van der Waals surface area contributed by atoms with E-state index in [1.807, 2.05) is 26.0 Å². The summed E-state index contributed by atoms with van der Waals surface area (Å²) in [6, 6.07) is 4.01. The highest BCUT2D eigenvalue weighted by Gasteiger charge is 1.92. The third-order valence-corrected chi connectivity index (χ3v) is 1.38. The quantitative estimate of drug-likeness (QED) is 0.768. The Morgan fingerprint density at radius 2 is 1.58 bits per heavy atom. The van der Waals surface area contributed by atoms with Crippen molar-refractivity contribution in [3.05, 3.63) is 29.1 Å². The number of halogens is 2. The standard InChI is InChI=1S/C8H12N2.2ClH/c1-6-3-8(5-9)4-7(2)10-6;;/h3-4H,5,9H2,1-2H3;2*1H. The van der Waals surface area contributed by atoms with E-state index in [0.29, 0.717) is 6.54 Å². The van der Waals surface area contributed by atoms with Gasteiger partial charge in [-0.2, -0.15) is 0 Å². The zero-order valence-corrected chi connectivity index (χ0v) is 8.84. The van der Waals surface area contributed by atoms with Crippen LogP contribution >= 0.6 is 24.8 Å². The lowest BCUT2D eigenvalue weighted by Crippen LogP contribution is -1.98. The van der Waals surface area contributed by atoms with Crippen molar-refractivity contribution in [2.75, 3.05) is 0 Å². The highest BCUT2D eigenvalue weighted by Crippen LogP contribution is 2.02. The molecule has 1 aromatic rings. The van der Waals surface area contributed by atoms with Crippen molar-refractivity contribution in [1.82, 2.24) is 4.98 Å². The van der Waals surface area contributed by atoms with E-state index >= 15 is 0 Å². The third kappa shape index (κ3) is 3.90. The predicted molar refractivity (Wildman–Crippen MR) is 56.1 cm³/mol. The molecule has 0 radical (unpaired) electrons. The molecule has 0 atom stereocenters. The summed E-state index contributed by atoms with van der Waals surface area (Å²) in [5, 5.41) is 0. The van der Waals surface area contributed by atoms with Crippen molar-refractivity contribution in [1.29, 1.82) is 0 Å². The molecule has 0 aliphatic heterocycles. The van der Waals surface area contributed by atoms with E-state index in [9.17, 15) is 0 Å². The Bertz CT molecular complexity index is 218. The van der Waals surface area contributed by atoms with E-state index in [-0.39, 0.29) is 24.8 Å². The summed E-state index contributed by atoms with van der Waals surface area (Å²) in [7, 11) is 0. The molecular weight excluding hydrogens is 195 g/mol. The molecule has 0 aliphatic rings. The number of rotatable bonds is 1. The summed E-state index contributed by atoms with van der Waals surface area (Å²) in [5.74, 6) is 0. The molecule has 0 unspecified atom stereocenters. The molecule has 0 fully saturated rings. The van der Waals surface area contributed by atoms with Gasteiger partial charge in [0.15, 0.2) is 0 Å². The van der Waals surface area contributed by atoms with Crippen LogP contribution in [0.4, 0.5) is 0 Å². The van der Waals surface area contributed by atoms with Gasteiger partial charge < -0.3 is 5.73 Å². The van der Waals surface area contributed by atoms with Gasteiger partial charge in [-0.05, 0) is 31.5 Å². The SMILES string of the molecule is Cc1cc(CN)cc(C)n1.Cl.Cl. The van der Waals surface area contributed by atoms with Crippen LogP contribution in [0.25, 0.3) is 0 Å². The van der Waals surface area contributed by atoms with Gasteiger partial charge in [-0.1, -0.05) is 0 Å². The van der Waals surface area contributed by atoms with Crippen molar-refractivity contribution in [3.63, 3.8) is 0 Å². The van der Waals surface area contributed by atoms with Gasteiger partial charge in [0.2, 0.25) is 0 Å². The fourth-order valence-electron chi connectivity index (χ4n) is 1.04. The second-order valence-electron chi connectivity index (χ2n) is 2.46. The van der Waals surface area contributed by atoms with Crippen LogP contribution in [0, 0.1) is 13.8 Å². The predicted octanol–water partition coefficient (Wildman–Crippen LogP) is 2.00. The summed E-state index contributed by atoms with van der Waals surface area (Å²) in [4.78, 5) is 4.23. The molecule has 2 nitrogen and oxygen atoms in total. The van der Waals surface area contributed by atoms with E-state index in [1.165, 1.54) is 0 Å². The third-order valence-electron chi connectivity index (χ3n) is 1.38. The minimum absolute atomic E-state index is 0. The number of aryl methyl sites for hydroxylation is 2. The summed E-state index contributed by atoms with van der Waals surface area (Å²) in [6.07, 6.45) is 0. The second-order valence-corrected chi connectivity index (χ2v) is 2.46. The lowest BCUT2D eigenvalue weighted by atomic mass is 10.2. The first-order valence-electron chi connectivity index (χ1n) is 3.36. The Morgan fingerprint density at radius 3 is 1.92 bits per heavy atom. The van der Waals surface area contributed by atoms with Crippen LogP contribution in [-0.4, -0.2) is 4.98 Å². The Labute approximate surface area is 85.4 Å².